The van der Waals surface area contributed by atoms with Crippen molar-refractivity contribution in [2.24, 2.45) is 0 Å². The molecule has 2 nitrogen and oxygen atoms in total. The minimum atomic E-state index is -0.00536. The standard InChI is InChI=1S/C18H20ClNO/c1-13-5-8-16(12-14(13)2)18(21)20-11-3-4-15-6-9-17(19)10-7-15/h5-10,12H,3-4,11H2,1-2H3,(H,20,21). The summed E-state index contributed by atoms with van der Waals surface area (Å²) in [6, 6.07) is 13.6. The molecule has 0 atom stereocenters. The maximum absolute atomic E-state index is 12.0. The van der Waals surface area contributed by atoms with Gasteiger partial charge in [0.05, 0.1) is 0 Å². The number of carbonyl (C=O) groups excluding carboxylic acids is 1. The van der Waals surface area contributed by atoms with E-state index >= 15 is 0 Å². The summed E-state index contributed by atoms with van der Waals surface area (Å²) in [7, 11) is 0. The van der Waals surface area contributed by atoms with Crippen LogP contribution in [0.3, 0.4) is 0 Å². The fourth-order valence-electron chi connectivity index (χ4n) is 2.13. The predicted octanol–water partition coefficient (Wildman–Crippen LogP) is 4.32. The second-order valence-electron chi connectivity index (χ2n) is 5.28. The van der Waals surface area contributed by atoms with Crippen LogP contribution < -0.4 is 5.32 Å². The van der Waals surface area contributed by atoms with E-state index in [2.05, 4.69) is 5.32 Å². The summed E-state index contributed by atoms with van der Waals surface area (Å²) in [5.41, 5.74) is 4.31. The first-order valence-corrected chi connectivity index (χ1v) is 7.54. The first-order chi connectivity index (χ1) is 10.1. The Kier molecular flexibility index (Phi) is 5.40. The lowest BCUT2D eigenvalue weighted by Gasteiger charge is -2.07. The molecule has 0 fully saturated rings. The number of nitrogens with one attached hydrogen (secondary N) is 1. The van der Waals surface area contributed by atoms with Gasteiger partial charge in [-0.3, -0.25) is 4.79 Å². The molecule has 1 amide bonds. The van der Waals surface area contributed by atoms with Crippen LogP contribution in [0.1, 0.15) is 33.5 Å². The minimum absolute atomic E-state index is 0.00536. The summed E-state index contributed by atoms with van der Waals surface area (Å²) >= 11 is 5.85. The Morgan fingerprint density at radius 1 is 1.05 bits per heavy atom. The molecule has 2 rings (SSSR count). The van der Waals surface area contributed by atoms with Gasteiger partial charge in [0.1, 0.15) is 0 Å². The van der Waals surface area contributed by atoms with E-state index in [1.54, 1.807) is 0 Å². The molecule has 0 aliphatic rings. The average Bonchev–Trinajstić information content (AvgIpc) is 2.48. The average molecular weight is 302 g/mol. The van der Waals surface area contributed by atoms with E-state index in [0.29, 0.717) is 6.54 Å². The van der Waals surface area contributed by atoms with Gasteiger partial charge in [0.25, 0.3) is 5.91 Å². The Morgan fingerprint density at radius 3 is 2.43 bits per heavy atom. The molecule has 21 heavy (non-hydrogen) atoms. The van der Waals surface area contributed by atoms with E-state index < -0.39 is 0 Å². The Labute approximate surface area is 131 Å². The molecule has 2 aromatic rings. The zero-order valence-corrected chi connectivity index (χ0v) is 13.2. The normalized spacial score (nSPS) is 10.4. The molecular formula is C18H20ClNO. The number of halogens is 1. The lowest BCUT2D eigenvalue weighted by atomic mass is 10.1. The van der Waals surface area contributed by atoms with Crippen molar-refractivity contribution in [3.05, 3.63) is 69.7 Å². The topological polar surface area (TPSA) is 29.1 Å². The summed E-state index contributed by atoms with van der Waals surface area (Å²) in [6.07, 6.45) is 1.85. The Balaban J connectivity index is 1.79. The molecule has 0 aliphatic heterocycles. The van der Waals surface area contributed by atoms with Gasteiger partial charge in [-0.1, -0.05) is 29.8 Å². The van der Waals surface area contributed by atoms with Gasteiger partial charge < -0.3 is 5.32 Å². The van der Waals surface area contributed by atoms with Crippen LogP contribution in [0.4, 0.5) is 0 Å². The van der Waals surface area contributed by atoms with Crippen molar-refractivity contribution in [2.45, 2.75) is 26.7 Å². The largest absolute Gasteiger partial charge is 0.352 e. The van der Waals surface area contributed by atoms with Crippen LogP contribution >= 0.6 is 11.6 Å². The quantitative estimate of drug-likeness (QED) is 0.819. The Hall–Kier alpha value is -1.80. The second kappa shape index (κ2) is 7.28. The Bertz CT molecular complexity index is 620. The van der Waals surface area contributed by atoms with Crippen LogP contribution in [0.15, 0.2) is 42.5 Å². The zero-order chi connectivity index (χ0) is 15.2. The molecule has 0 bridgehead atoms. The van der Waals surface area contributed by atoms with Crippen molar-refractivity contribution >= 4 is 17.5 Å². The first-order valence-electron chi connectivity index (χ1n) is 7.16. The summed E-state index contributed by atoms with van der Waals surface area (Å²) < 4.78 is 0. The number of carbonyl (C=O) groups is 1. The minimum Gasteiger partial charge on any atom is -0.352 e. The smallest absolute Gasteiger partial charge is 0.251 e. The van der Waals surface area contributed by atoms with E-state index in [1.807, 2.05) is 56.3 Å². The lowest BCUT2D eigenvalue weighted by Crippen LogP contribution is -2.24. The lowest BCUT2D eigenvalue weighted by molar-refractivity contribution is 0.0953. The summed E-state index contributed by atoms with van der Waals surface area (Å²) in [5, 5.41) is 3.71. The van der Waals surface area contributed by atoms with Crippen LogP contribution in [0.25, 0.3) is 0 Å². The molecule has 1 N–H and O–H groups in total. The van der Waals surface area contributed by atoms with E-state index in [9.17, 15) is 4.79 Å². The summed E-state index contributed by atoms with van der Waals surface area (Å²) in [6.45, 7) is 4.74. The maximum atomic E-state index is 12.0. The maximum Gasteiger partial charge on any atom is 0.251 e. The summed E-state index contributed by atoms with van der Waals surface area (Å²) in [5.74, 6) is -0.00536. The highest BCUT2D eigenvalue weighted by atomic mass is 35.5. The van der Waals surface area contributed by atoms with Crippen LogP contribution in [-0.4, -0.2) is 12.5 Å². The molecule has 0 radical (unpaired) electrons. The third kappa shape index (κ3) is 4.61. The van der Waals surface area contributed by atoms with Crippen LogP contribution in [-0.2, 0) is 6.42 Å². The van der Waals surface area contributed by atoms with Crippen molar-refractivity contribution in [1.29, 1.82) is 0 Å². The van der Waals surface area contributed by atoms with Crippen LogP contribution in [0.2, 0.25) is 5.02 Å². The molecule has 2 aromatic carbocycles. The molecule has 0 saturated carbocycles. The van der Waals surface area contributed by atoms with Crippen LogP contribution in [0.5, 0.6) is 0 Å². The fourth-order valence-corrected chi connectivity index (χ4v) is 2.26. The third-order valence-electron chi connectivity index (χ3n) is 3.61. The van der Waals surface area contributed by atoms with Gasteiger partial charge in [0, 0.05) is 17.1 Å². The van der Waals surface area contributed by atoms with Gasteiger partial charge in [0.2, 0.25) is 0 Å². The highest BCUT2D eigenvalue weighted by Gasteiger charge is 2.05. The van der Waals surface area contributed by atoms with Gasteiger partial charge >= 0.3 is 0 Å². The molecule has 0 saturated heterocycles. The monoisotopic (exact) mass is 301 g/mol. The fraction of sp³-hybridized carbons (Fsp3) is 0.278. The molecule has 0 aromatic heterocycles. The van der Waals surface area contributed by atoms with Gasteiger partial charge in [-0.05, 0) is 67.6 Å². The summed E-state index contributed by atoms with van der Waals surface area (Å²) in [4.78, 5) is 12.0. The third-order valence-corrected chi connectivity index (χ3v) is 3.86. The molecule has 0 unspecified atom stereocenters. The van der Waals surface area contributed by atoms with E-state index in [1.165, 1.54) is 11.1 Å². The molecule has 0 spiro atoms. The van der Waals surface area contributed by atoms with E-state index in [4.69, 9.17) is 11.6 Å². The number of benzene rings is 2. The van der Waals surface area contributed by atoms with E-state index in [0.717, 1.165) is 29.0 Å². The molecule has 0 heterocycles. The van der Waals surface area contributed by atoms with Gasteiger partial charge in [-0.15, -0.1) is 0 Å². The highest BCUT2D eigenvalue weighted by Crippen LogP contribution is 2.11. The second-order valence-corrected chi connectivity index (χ2v) is 5.72. The molecule has 110 valence electrons. The Morgan fingerprint density at radius 2 is 1.76 bits per heavy atom. The molecular weight excluding hydrogens is 282 g/mol. The SMILES string of the molecule is Cc1ccc(C(=O)NCCCc2ccc(Cl)cc2)cc1C. The number of amides is 1. The van der Waals surface area contributed by atoms with Crippen molar-refractivity contribution in [3.63, 3.8) is 0 Å². The molecule has 0 aliphatic carbocycles. The van der Waals surface area contributed by atoms with Gasteiger partial charge in [0.15, 0.2) is 0 Å². The predicted molar refractivity (Wildman–Crippen MR) is 88.0 cm³/mol. The van der Waals surface area contributed by atoms with Crippen molar-refractivity contribution in [2.75, 3.05) is 6.54 Å². The number of aryl methyl sites for hydroxylation is 3. The first kappa shape index (κ1) is 15.6. The van der Waals surface area contributed by atoms with Gasteiger partial charge in [-0.25, -0.2) is 0 Å². The zero-order valence-electron chi connectivity index (χ0n) is 12.4. The van der Waals surface area contributed by atoms with Gasteiger partial charge in [-0.2, -0.15) is 0 Å². The number of rotatable bonds is 5. The number of hydrogen-bond donors (Lipinski definition) is 1. The van der Waals surface area contributed by atoms with E-state index in [-0.39, 0.29) is 5.91 Å². The highest BCUT2D eigenvalue weighted by molar-refractivity contribution is 6.30. The van der Waals surface area contributed by atoms with Crippen LogP contribution in [0, 0.1) is 13.8 Å². The van der Waals surface area contributed by atoms with Crippen molar-refractivity contribution < 1.29 is 4.79 Å². The van der Waals surface area contributed by atoms with Crippen molar-refractivity contribution in [1.82, 2.24) is 5.32 Å². The molecule has 3 heteroatoms. The number of hydrogen-bond acceptors (Lipinski definition) is 1. The van der Waals surface area contributed by atoms with Crippen molar-refractivity contribution in [3.8, 4) is 0 Å².